The van der Waals surface area contributed by atoms with Crippen molar-refractivity contribution in [3.8, 4) is 5.69 Å². The number of anilines is 1. The molecule has 1 aliphatic heterocycles. The summed E-state index contributed by atoms with van der Waals surface area (Å²) in [6, 6.07) is 5.41. The molecule has 3 heterocycles. The van der Waals surface area contributed by atoms with Crippen LogP contribution < -0.4 is 10.6 Å². The van der Waals surface area contributed by atoms with Gasteiger partial charge in [0.2, 0.25) is 5.91 Å². The number of hydrogen-bond donors (Lipinski definition) is 2. The third-order valence-corrected chi connectivity index (χ3v) is 3.14. The number of carbonyl (C=O) groups is 1. The highest BCUT2D eigenvalue weighted by Gasteiger charge is 2.22. The van der Waals surface area contributed by atoms with Crippen molar-refractivity contribution in [2.75, 3.05) is 11.9 Å². The van der Waals surface area contributed by atoms with E-state index in [4.69, 9.17) is 0 Å². The lowest BCUT2D eigenvalue weighted by Crippen LogP contribution is -2.35. The summed E-state index contributed by atoms with van der Waals surface area (Å²) in [6.07, 6.45) is 7.16. The molecule has 21 heavy (non-hydrogen) atoms. The molecule has 1 saturated heterocycles. The molecular weight excluding hydrogens is 313 g/mol. The maximum atomic E-state index is 11.9. The van der Waals surface area contributed by atoms with Gasteiger partial charge in [-0.3, -0.25) is 9.78 Å². The van der Waals surface area contributed by atoms with Crippen molar-refractivity contribution < 1.29 is 4.79 Å². The summed E-state index contributed by atoms with van der Waals surface area (Å²) in [7, 11) is 0. The number of hydrogen-bond acceptors (Lipinski definition) is 4. The Balaban J connectivity index is 0.00000110. The summed E-state index contributed by atoms with van der Waals surface area (Å²) in [5.41, 5.74) is 0.912. The van der Waals surface area contributed by atoms with Gasteiger partial charge in [-0.1, -0.05) is 0 Å². The van der Waals surface area contributed by atoms with Gasteiger partial charge in [-0.15, -0.1) is 24.8 Å². The molecule has 6 nitrogen and oxygen atoms in total. The van der Waals surface area contributed by atoms with E-state index in [2.05, 4.69) is 20.7 Å². The van der Waals surface area contributed by atoms with E-state index in [9.17, 15) is 4.79 Å². The average molecular weight is 330 g/mol. The van der Waals surface area contributed by atoms with Crippen molar-refractivity contribution >= 4 is 36.5 Å². The van der Waals surface area contributed by atoms with Gasteiger partial charge in [0.1, 0.15) is 0 Å². The van der Waals surface area contributed by atoms with Crippen LogP contribution >= 0.6 is 24.8 Å². The molecule has 2 aromatic rings. The van der Waals surface area contributed by atoms with Crippen LogP contribution in [0.5, 0.6) is 0 Å². The molecule has 0 aliphatic carbocycles. The molecule has 1 amide bonds. The summed E-state index contributed by atoms with van der Waals surface area (Å²) < 4.78 is 1.71. The second-order valence-corrected chi connectivity index (χ2v) is 4.49. The molecule has 0 radical (unpaired) electrons. The maximum Gasteiger partial charge on any atom is 0.242 e. The van der Waals surface area contributed by atoms with Crippen LogP contribution in [0.25, 0.3) is 5.69 Å². The lowest BCUT2D eigenvalue weighted by Gasteiger charge is -2.08. The first-order chi connectivity index (χ1) is 9.33. The lowest BCUT2D eigenvalue weighted by molar-refractivity contribution is -0.117. The molecule has 1 unspecified atom stereocenters. The Morgan fingerprint density at radius 3 is 2.71 bits per heavy atom. The zero-order valence-corrected chi connectivity index (χ0v) is 12.9. The van der Waals surface area contributed by atoms with Gasteiger partial charge >= 0.3 is 0 Å². The van der Waals surface area contributed by atoms with E-state index in [0.717, 1.165) is 25.1 Å². The minimum absolute atomic E-state index is 0. The van der Waals surface area contributed by atoms with Crippen LogP contribution in [-0.4, -0.2) is 33.3 Å². The SMILES string of the molecule is Cl.Cl.O=C(Nc1ccn(-c2ccncc2)n1)C1CCCN1. The summed E-state index contributed by atoms with van der Waals surface area (Å²) in [4.78, 5) is 15.9. The second kappa shape index (κ2) is 7.97. The third kappa shape index (κ3) is 4.17. The van der Waals surface area contributed by atoms with E-state index in [0.29, 0.717) is 5.82 Å². The fourth-order valence-electron chi connectivity index (χ4n) is 2.15. The molecular formula is C13H17Cl2N5O. The molecule has 0 bridgehead atoms. The molecule has 114 valence electrons. The van der Waals surface area contributed by atoms with Crippen LogP contribution in [-0.2, 0) is 4.79 Å². The molecule has 3 rings (SSSR count). The largest absolute Gasteiger partial charge is 0.308 e. The Bertz CT molecular complexity index is 569. The first-order valence-electron chi connectivity index (χ1n) is 6.33. The average Bonchev–Trinajstić information content (AvgIpc) is 3.11. The van der Waals surface area contributed by atoms with Crippen molar-refractivity contribution in [2.45, 2.75) is 18.9 Å². The van der Waals surface area contributed by atoms with Gasteiger partial charge in [-0.05, 0) is 31.5 Å². The fourth-order valence-corrected chi connectivity index (χ4v) is 2.15. The molecule has 0 spiro atoms. The summed E-state index contributed by atoms with van der Waals surface area (Å²) in [6.45, 7) is 0.906. The molecule has 2 N–H and O–H groups in total. The van der Waals surface area contributed by atoms with Crippen LogP contribution in [0.1, 0.15) is 12.8 Å². The normalized spacial score (nSPS) is 16.7. The smallest absolute Gasteiger partial charge is 0.242 e. The molecule has 1 atom stereocenters. The van der Waals surface area contributed by atoms with Gasteiger partial charge in [-0.2, -0.15) is 5.10 Å². The highest BCUT2D eigenvalue weighted by Crippen LogP contribution is 2.11. The van der Waals surface area contributed by atoms with Gasteiger partial charge in [-0.25, -0.2) is 4.68 Å². The van der Waals surface area contributed by atoms with Crippen molar-refractivity contribution in [2.24, 2.45) is 0 Å². The third-order valence-electron chi connectivity index (χ3n) is 3.14. The number of nitrogens with zero attached hydrogens (tertiary/aromatic N) is 3. The van der Waals surface area contributed by atoms with Gasteiger partial charge in [0.25, 0.3) is 0 Å². The van der Waals surface area contributed by atoms with E-state index in [1.54, 1.807) is 23.1 Å². The van der Waals surface area contributed by atoms with Crippen LogP contribution in [0.15, 0.2) is 36.8 Å². The van der Waals surface area contributed by atoms with Crippen molar-refractivity contribution in [3.63, 3.8) is 0 Å². The maximum absolute atomic E-state index is 11.9. The van der Waals surface area contributed by atoms with E-state index < -0.39 is 0 Å². The number of nitrogens with one attached hydrogen (secondary N) is 2. The van der Waals surface area contributed by atoms with Gasteiger partial charge in [0.15, 0.2) is 5.82 Å². The highest BCUT2D eigenvalue weighted by molar-refractivity contribution is 5.94. The van der Waals surface area contributed by atoms with Crippen molar-refractivity contribution in [3.05, 3.63) is 36.8 Å². The zero-order chi connectivity index (χ0) is 13.1. The zero-order valence-electron chi connectivity index (χ0n) is 11.2. The first kappa shape index (κ1) is 17.4. The predicted octanol–water partition coefficient (Wildman–Crippen LogP) is 1.80. The number of pyridine rings is 1. The summed E-state index contributed by atoms with van der Waals surface area (Å²) in [5, 5.41) is 10.3. The number of halogens is 2. The fraction of sp³-hybridized carbons (Fsp3) is 0.308. The highest BCUT2D eigenvalue weighted by atomic mass is 35.5. The molecule has 0 aromatic carbocycles. The number of aromatic nitrogens is 3. The minimum Gasteiger partial charge on any atom is -0.308 e. The Hall–Kier alpha value is -1.63. The molecule has 2 aromatic heterocycles. The quantitative estimate of drug-likeness (QED) is 0.900. The Kier molecular flexibility index (Phi) is 6.61. The monoisotopic (exact) mass is 329 g/mol. The number of rotatable bonds is 3. The van der Waals surface area contributed by atoms with Crippen LogP contribution in [0.4, 0.5) is 5.82 Å². The summed E-state index contributed by atoms with van der Waals surface area (Å²) >= 11 is 0. The van der Waals surface area contributed by atoms with Crippen molar-refractivity contribution in [1.82, 2.24) is 20.1 Å². The standard InChI is InChI=1S/C13H15N5O.2ClH/c19-13(11-2-1-6-15-11)16-12-5-9-18(17-12)10-3-7-14-8-4-10;;/h3-5,7-9,11,15H,1-2,6H2,(H,16,17,19);2*1H. The van der Waals surface area contributed by atoms with E-state index in [1.807, 2.05) is 18.3 Å². The van der Waals surface area contributed by atoms with Gasteiger partial charge < -0.3 is 10.6 Å². The van der Waals surface area contributed by atoms with Gasteiger partial charge in [0.05, 0.1) is 11.7 Å². The van der Waals surface area contributed by atoms with E-state index in [-0.39, 0.29) is 36.8 Å². The second-order valence-electron chi connectivity index (χ2n) is 4.49. The molecule has 8 heteroatoms. The van der Waals surface area contributed by atoms with E-state index in [1.165, 1.54) is 0 Å². The Morgan fingerprint density at radius 1 is 1.29 bits per heavy atom. The van der Waals surface area contributed by atoms with Gasteiger partial charge in [0, 0.05) is 24.7 Å². The molecule has 1 fully saturated rings. The molecule has 1 aliphatic rings. The predicted molar refractivity (Wildman–Crippen MR) is 85.5 cm³/mol. The number of amides is 1. The molecule has 0 saturated carbocycles. The van der Waals surface area contributed by atoms with Crippen molar-refractivity contribution in [1.29, 1.82) is 0 Å². The summed E-state index contributed by atoms with van der Waals surface area (Å²) in [5.74, 6) is 0.549. The van der Waals surface area contributed by atoms with Crippen LogP contribution in [0.2, 0.25) is 0 Å². The van der Waals surface area contributed by atoms with Crippen LogP contribution in [0, 0.1) is 0 Å². The Morgan fingerprint density at radius 2 is 2.05 bits per heavy atom. The topological polar surface area (TPSA) is 71.8 Å². The first-order valence-corrected chi connectivity index (χ1v) is 6.33. The minimum atomic E-state index is -0.0916. The van der Waals surface area contributed by atoms with E-state index >= 15 is 0 Å². The Labute approximate surface area is 135 Å². The number of carbonyl (C=O) groups excluding carboxylic acids is 1. The lowest BCUT2D eigenvalue weighted by atomic mass is 10.2. The van der Waals surface area contributed by atoms with Crippen LogP contribution in [0.3, 0.4) is 0 Å².